The van der Waals surface area contributed by atoms with Crippen molar-refractivity contribution in [3.63, 3.8) is 0 Å². The Morgan fingerprint density at radius 3 is 2.75 bits per heavy atom. The monoisotopic (exact) mass is 409 g/mol. The van der Waals surface area contributed by atoms with Crippen LogP contribution in [-0.4, -0.2) is 31.2 Å². The summed E-state index contributed by atoms with van der Waals surface area (Å²) in [6, 6.07) is 15.9. The smallest absolute Gasteiger partial charge is 0.256 e. The lowest BCUT2D eigenvalue weighted by Crippen LogP contribution is -2.30. The maximum atomic E-state index is 12.7. The molecule has 0 aliphatic rings. The summed E-state index contributed by atoms with van der Waals surface area (Å²) in [4.78, 5) is 18.2. The van der Waals surface area contributed by atoms with Crippen molar-refractivity contribution in [1.82, 2.24) is 24.9 Å². The Balaban J connectivity index is 1.49. The molecule has 0 saturated heterocycles. The van der Waals surface area contributed by atoms with E-state index in [1.807, 2.05) is 72.2 Å². The van der Waals surface area contributed by atoms with Gasteiger partial charge in [-0.3, -0.25) is 9.20 Å². The number of aromatic nitrogens is 4. The van der Waals surface area contributed by atoms with Gasteiger partial charge in [-0.15, -0.1) is 21.5 Å². The second-order valence-corrected chi connectivity index (χ2v) is 8.29. The van der Waals surface area contributed by atoms with E-state index in [0.29, 0.717) is 10.9 Å². The first-order chi connectivity index (χ1) is 13.6. The van der Waals surface area contributed by atoms with Gasteiger partial charge in [-0.05, 0) is 36.9 Å². The number of nitrogens with one attached hydrogen (secondary N) is 1. The van der Waals surface area contributed by atoms with Crippen LogP contribution in [0.2, 0.25) is 0 Å². The largest absolute Gasteiger partial charge is 0.344 e. The minimum absolute atomic E-state index is 0.0540. The molecule has 142 valence electrons. The van der Waals surface area contributed by atoms with Gasteiger partial charge in [0.1, 0.15) is 0 Å². The number of benzene rings is 1. The highest BCUT2D eigenvalue weighted by Crippen LogP contribution is 2.26. The Kier molecular flexibility index (Phi) is 5.40. The third kappa shape index (κ3) is 3.93. The van der Waals surface area contributed by atoms with Crippen molar-refractivity contribution >= 4 is 34.8 Å². The third-order valence-electron chi connectivity index (χ3n) is 4.26. The van der Waals surface area contributed by atoms with Crippen molar-refractivity contribution < 1.29 is 4.79 Å². The van der Waals surface area contributed by atoms with Crippen LogP contribution in [-0.2, 0) is 4.79 Å². The summed E-state index contributed by atoms with van der Waals surface area (Å²) in [6.07, 6.45) is 0. The molecule has 0 spiro atoms. The van der Waals surface area contributed by atoms with E-state index in [4.69, 9.17) is 0 Å². The molecule has 4 rings (SSSR count). The molecule has 1 atom stereocenters. The highest BCUT2D eigenvalue weighted by atomic mass is 32.2. The van der Waals surface area contributed by atoms with Gasteiger partial charge in [0.05, 0.1) is 11.8 Å². The minimum atomic E-state index is -0.157. The minimum Gasteiger partial charge on any atom is -0.344 e. The molecule has 1 aromatic carbocycles. The molecular weight excluding hydrogens is 390 g/mol. The molecular formula is C20H19N5OS2. The van der Waals surface area contributed by atoms with Crippen LogP contribution >= 0.6 is 23.1 Å². The number of carbonyl (C=O) groups excluding carboxylic acids is 1. The fourth-order valence-electron chi connectivity index (χ4n) is 3.05. The normalized spacial score (nSPS) is 12.2. The first kappa shape index (κ1) is 18.6. The van der Waals surface area contributed by atoms with E-state index in [2.05, 4.69) is 20.5 Å². The van der Waals surface area contributed by atoms with Gasteiger partial charge in [0, 0.05) is 16.3 Å². The molecule has 28 heavy (non-hydrogen) atoms. The van der Waals surface area contributed by atoms with Crippen molar-refractivity contribution in [3.8, 4) is 0 Å². The van der Waals surface area contributed by atoms with Crippen LogP contribution in [0.1, 0.15) is 27.9 Å². The average molecular weight is 410 g/mol. The molecule has 0 fully saturated rings. The second-order valence-electron chi connectivity index (χ2n) is 6.37. The summed E-state index contributed by atoms with van der Waals surface area (Å²) in [5.74, 6) is 0.755. The molecule has 1 amide bonds. The lowest BCUT2D eigenvalue weighted by atomic mass is 10.1. The molecule has 1 unspecified atom stereocenters. The summed E-state index contributed by atoms with van der Waals surface area (Å²) in [7, 11) is 0. The van der Waals surface area contributed by atoms with Gasteiger partial charge in [0.2, 0.25) is 5.91 Å². The second kappa shape index (κ2) is 8.12. The fraction of sp³-hybridized carbons (Fsp3) is 0.200. The lowest BCUT2D eigenvalue weighted by Gasteiger charge is -2.18. The number of carbonyl (C=O) groups is 1. The van der Waals surface area contributed by atoms with E-state index in [1.54, 1.807) is 11.3 Å². The first-order valence-corrected chi connectivity index (χ1v) is 10.7. The molecule has 3 aromatic heterocycles. The number of amides is 1. The standard InChI is InChI=1S/C20H19N5OS2/c1-13-11-14(2)25-19(21-13)23-24-20(25)28-12-17(26)22-18(16-9-6-10-27-16)15-7-4-3-5-8-15/h3-11,18H,12H2,1-2H3,(H,22,26). The number of thioether (sulfide) groups is 1. The lowest BCUT2D eigenvalue weighted by molar-refractivity contribution is -0.119. The molecule has 3 heterocycles. The van der Waals surface area contributed by atoms with Crippen LogP contribution in [0.25, 0.3) is 5.78 Å². The Bertz CT molecular complexity index is 1090. The number of thiophene rings is 1. The van der Waals surface area contributed by atoms with Crippen LogP contribution in [0.4, 0.5) is 0 Å². The molecule has 0 saturated carbocycles. The Morgan fingerprint density at radius 2 is 2.00 bits per heavy atom. The van der Waals surface area contributed by atoms with Crippen molar-refractivity contribution in [2.75, 3.05) is 5.75 Å². The van der Waals surface area contributed by atoms with E-state index in [0.717, 1.165) is 21.8 Å². The highest BCUT2D eigenvalue weighted by molar-refractivity contribution is 7.99. The van der Waals surface area contributed by atoms with E-state index >= 15 is 0 Å². The van der Waals surface area contributed by atoms with Gasteiger partial charge in [-0.2, -0.15) is 0 Å². The van der Waals surface area contributed by atoms with Gasteiger partial charge in [-0.1, -0.05) is 48.2 Å². The van der Waals surface area contributed by atoms with Crippen molar-refractivity contribution in [2.24, 2.45) is 0 Å². The fourth-order valence-corrected chi connectivity index (χ4v) is 4.65. The van der Waals surface area contributed by atoms with Gasteiger partial charge in [0.15, 0.2) is 5.16 Å². The zero-order valence-corrected chi connectivity index (χ0v) is 17.1. The quantitative estimate of drug-likeness (QED) is 0.491. The number of nitrogens with zero attached hydrogens (tertiary/aromatic N) is 4. The van der Waals surface area contributed by atoms with Crippen LogP contribution in [0, 0.1) is 13.8 Å². The molecule has 4 aromatic rings. The predicted octanol–water partition coefficient (Wildman–Crippen LogP) is 3.80. The summed E-state index contributed by atoms with van der Waals surface area (Å²) in [5.41, 5.74) is 2.95. The molecule has 0 aliphatic heterocycles. The molecule has 1 N–H and O–H groups in total. The van der Waals surface area contributed by atoms with Gasteiger partial charge in [0.25, 0.3) is 5.78 Å². The van der Waals surface area contributed by atoms with Crippen molar-refractivity contribution in [1.29, 1.82) is 0 Å². The van der Waals surface area contributed by atoms with Crippen LogP contribution in [0.3, 0.4) is 0 Å². The number of rotatable bonds is 6. The molecule has 0 aliphatic carbocycles. The topological polar surface area (TPSA) is 72.2 Å². The summed E-state index contributed by atoms with van der Waals surface area (Å²) in [5, 5.41) is 14.1. The first-order valence-electron chi connectivity index (χ1n) is 8.81. The molecule has 0 bridgehead atoms. The number of fused-ring (bicyclic) bond motifs is 1. The molecule has 0 radical (unpaired) electrons. The van der Waals surface area contributed by atoms with Crippen LogP contribution in [0.5, 0.6) is 0 Å². The maximum absolute atomic E-state index is 12.7. The predicted molar refractivity (Wildman–Crippen MR) is 112 cm³/mol. The SMILES string of the molecule is Cc1cc(C)n2c(SCC(=O)NC(c3ccccc3)c3cccs3)nnc2n1. The Labute approximate surface area is 171 Å². The van der Waals surface area contributed by atoms with E-state index < -0.39 is 0 Å². The Hall–Kier alpha value is -2.71. The van der Waals surface area contributed by atoms with Gasteiger partial charge < -0.3 is 5.32 Å². The summed E-state index contributed by atoms with van der Waals surface area (Å²) < 4.78 is 1.87. The summed E-state index contributed by atoms with van der Waals surface area (Å²) >= 11 is 2.99. The van der Waals surface area contributed by atoms with Crippen molar-refractivity contribution in [3.05, 3.63) is 75.7 Å². The maximum Gasteiger partial charge on any atom is 0.256 e. The average Bonchev–Trinajstić information content (AvgIpc) is 3.35. The highest BCUT2D eigenvalue weighted by Gasteiger charge is 2.19. The van der Waals surface area contributed by atoms with Gasteiger partial charge in [-0.25, -0.2) is 4.98 Å². The third-order valence-corrected chi connectivity index (χ3v) is 6.13. The number of hydrogen-bond donors (Lipinski definition) is 1. The zero-order valence-electron chi connectivity index (χ0n) is 15.5. The van der Waals surface area contributed by atoms with Crippen LogP contribution in [0.15, 0.2) is 59.1 Å². The van der Waals surface area contributed by atoms with Crippen molar-refractivity contribution in [2.45, 2.75) is 25.0 Å². The number of aryl methyl sites for hydroxylation is 2. The van der Waals surface area contributed by atoms with Crippen LogP contribution < -0.4 is 5.32 Å². The van der Waals surface area contributed by atoms with E-state index in [-0.39, 0.29) is 17.7 Å². The van der Waals surface area contributed by atoms with E-state index in [9.17, 15) is 4.79 Å². The number of hydrogen-bond acceptors (Lipinski definition) is 6. The molecule has 6 nitrogen and oxygen atoms in total. The Morgan fingerprint density at radius 1 is 1.18 bits per heavy atom. The van der Waals surface area contributed by atoms with E-state index in [1.165, 1.54) is 11.8 Å². The van der Waals surface area contributed by atoms with Gasteiger partial charge >= 0.3 is 0 Å². The molecule has 8 heteroatoms. The summed E-state index contributed by atoms with van der Waals surface area (Å²) in [6.45, 7) is 3.91. The zero-order chi connectivity index (χ0) is 19.5.